The number of rotatable bonds is 1. The quantitative estimate of drug-likeness (QED) is 0.458. The van der Waals surface area contributed by atoms with Crippen molar-refractivity contribution in [2.75, 3.05) is 6.61 Å². The van der Waals surface area contributed by atoms with Crippen molar-refractivity contribution >= 4 is 45.1 Å². The Balaban J connectivity index is 1.66. The van der Waals surface area contributed by atoms with E-state index in [2.05, 4.69) is 4.98 Å². The highest BCUT2D eigenvalue weighted by Gasteiger charge is 2.16. The third-order valence-corrected chi connectivity index (χ3v) is 4.47. The first-order valence-electron chi connectivity index (χ1n) is 7.93. The summed E-state index contributed by atoms with van der Waals surface area (Å²) in [6.45, 7) is 0.418. The van der Waals surface area contributed by atoms with Crippen molar-refractivity contribution in [3.8, 4) is 5.75 Å². The Morgan fingerprint density at radius 1 is 0.800 bits per heavy atom. The van der Waals surface area contributed by atoms with Gasteiger partial charge in [0, 0.05) is 11.1 Å². The number of ether oxygens (including phenoxy) is 1. The van der Waals surface area contributed by atoms with E-state index in [-0.39, 0.29) is 0 Å². The van der Waals surface area contributed by atoms with E-state index in [1.807, 2.05) is 60.7 Å². The molecule has 0 radical (unpaired) electrons. The highest BCUT2D eigenvalue weighted by atomic mass is 35.5. The van der Waals surface area contributed by atoms with Crippen molar-refractivity contribution in [1.82, 2.24) is 9.97 Å². The molecule has 0 saturated heterocycles. The molecule has 4 nitrogen and oxygen atoms in total. The molecule has 0 fully saturated rings. The predicted octanol–water partition coefficient (Wildman–Crippen LogP) is 4.95. The molecule has 0 N–H and O–H groups in total. The van der Waals surface area contributed by atoms with Crippen LogP contribution < -0.4 is 4.74 Å². The van der Waals surface area contributed by atoms with E-state index in [0.717, 1.165) is 44.8 Å². The van der Waals surface area contributed by atoms with Crippen LogP contribution in [-0.2, 0) is 0 Å². The molecular formula is C20H12ClN3O. The molecule has 0 spiro atoms. The number of aromatic nitrogens is 2. The maximum Gasteiger partial charge on any atom is 0.147 e. The molecule has 1 aromatic heterocycles. The van der Waals surface area contributed by atoms with Crippen molar-refractivity contribution in [3.05, 3.63) is 71.2 Å². The molecular weight excluding hydrogens is 334 g/mol. The van der Waals surface area contributed by atoms with E-state index in [4.69, 9.17) is 26.3 Å². The zero-order valence-corrected chi connectivity index (χ0v) is 13.9. The van der Waals surface area contributed by atoms with Gasteiger partial charge in [0.05, 0.1) is 27.8 Å². The van der Waals surface area contributed by atoms with Gasteiger partial charge >= 0.3 is 0 Å². The van der Waals surface area contributed by atoms with Crippen molar-refractivity contribution in [2.45, 2.75) is 0 Å². The van der Waals surface area contributed by atoms with Gasteiger partial charge in [0.1, 0.15) is 18.0 Å². The fourth-order valence-electron chi connectivity index (χ4n) is 2.96. The van der Waals surface area contributed by atoms with Crippen LogP contribution in [0.3, 0.4) is 0 Å². The van der Waals surface area contributed by atoms with Crippen LogP contribution >= 0.6 is 11.6 Å². The van der Waals surface area contributed by atoms with Crippen molar-refractivity contribution in [1.29, 1.82) is 0 Å². The Bertz CT molecular complexity index is 1150. The summed E-state index contributed by atoms with van der Waals surface area (Å²) in [5, 5.41) is 0.703. The minimum Gasteiger partial charge on any atom is -0.485 e. The molecule has 0 saturated carbocycles. The summed E-state index contributed by atoms with van der Waals surface area (Å²) >= 11 is 5.96. The first-order chi connectivity index (χ1) is 12.3. The van der Waals surface area contributed by atoms with Gasteiger partial charge < -0.3 is 4.74 Å². The van der Waals surface area contributed by atoms with Crippen LogP contribution in [0.2, 0.25) is 5.02 Å². The second-order valence-electron chi connectivity index (χ2n) is 5.88. The summed E-state index contributed by atoms with van der Waals surface area (Å²) < 4.78 is 5.91. The largest absolute Gasteiger partial charge is 0.485 e. The van der Waals surface area contributed by atoms with Gasteiger partial charge in [0.2, 0.25) is 0 Å². The minimum atomic E-state index is 0.418. The topological polar surface area (TPSA) is 47.4 Å². The lowest BCUT2D eigenvalue weighted by Crippen LogP contribution is -2.16. The van der Waals surface area contributed by atoms with E-state index in [1.54, 1.807) is 0 Å². The highest BCUT2D eigenvalue weighted by molar-refractivity contribution is 6.30. The van der Waals surface area contributed by atoms with E-state index < -0.39 is 0 Å². The molecule has 1 aliphatic heterocycles. The van der Waals surface area contributed by atoms with Gasteiger partial charge in [-0.3, -0.25) is 0 Å². The van der Waals surface area contributed by atoms with Crippen molar-refractivity contribution in [2.24, 2.45) is 4.99 Å². The maximum absolute atomic E-state index is 5.96. The Hall–Kier alpha value is -2.98. The molecule has 120 valence electrons. The van der Waals surface area contributed by atoms with Crippen LogP contribution in [0.1, 0.15) is 5.56 Å². The monoisotopic (exact) mass is 345 g/mol. The number of hydrogen-bond donors (Lipinski definition) is 0. The summed E-state index contributed by atoms with van der Waals surface area (Å²) in [6, 6.07) is 19.3. The smallest absolute Gasteiger partial charge is 0.147 e. The molecule has 4 aromatic rings. The van der Waals surface area contributed by atoms with Gasteiger partial charge in [0.25, 0.3) is 0 Å². The van der Waals surface area contributed by atoms with E-state index in [1.165, 1.54) is 0 Å². The van der Waals surface area contributed by atoms with Crippen LogP contribution in [0.5, 0.6) is 5.75 Å². The molecule has 2 heterocycles. The number of para-hydroxylation sites is 2. The minimum absolute atomic E-state index is 0.418. The summed E-state index contributed by atoms with van der Waals surface area (Å²) in [7, 11) is 0. The van der Waals surface area contributed by atoms with Crippen LogP contribution in [0.4, 0.5) is 5.69 Å². The summed E-state index contributed by atoms with van der Waals surface area (Å²) in [5.41, 5.74) is 6.00. The van der Waals surface area contributed by atoms with Crippen molar-refractivity contribution in [3.63, 3.8) is 0 Å². The van der Waals surface area contributed by atoms with Gasteiger partial charge in [-0.15, -0.1) is 0 Å². The van der Waals surface area contributed by atoms with E-state index in [0.29, 0.717) is 11.6 Å². The number of aliphatic imine (C=N–C) groups is 1. The molecule has 0 bridgehead atoms. The predicted molar refractivity (Wildman–Crippen MR) is 100 cm³/mol. The van der Waals surface area contributed by atoms with Crippen LogP contribution in [0.15, 0.2) is 65.7 Å². The zero-order valence-electron chi connectivity index (χ0n) is 13.1. The normalized spacial score (nSPS) is 13.4. The average Bonchev–Trinajstić information content (AvgIpc) is 2.65. The lowest BCUT2D eigenvalue weighted by molar-refractivity contribution is 0.373. The highest BCUT2D eigenvalue weighted by Crippen LogP contribution is 2.35. The van der Waals surface area contributed by atoms with Crippen LogP contribution in [0, 0.1) is 0 Å². The summed E-state index contributed by atoms with van der Waals surface area (Å²) in [5.74, 6) is 0.731. The van der Waals surface area contributed by atoms with Crippen molar-refractivity contribution < 1.29 is 4.74 Å². The lowest BCUT2D eigenvalue weighted by Gasteiger charge is -2.17. The van der Waals surface area contributed by atoms with E-state index in [9.17, 15) is 0 Å². The Morgan fingerprint density at radius 2 is 1.48 bits per heavy atom. The zero-order chi connectivity index (χ0) is 16.8. The molecule has 0 unspecified atom stereocenters. The molecule has 3 aromatic carbocycles. The number of benzene rings is 3. The standard InChI is InChI=1S/C20H12ClN3O/c21-13-7-5-12(6-8-13)19-11-25-20-10-17-16(9-18(20)24-19)22-14-3-1-2-4-15(14)23-17/h1-10H,11H2. The molecule has 0 amide bonds. The molecule has 5 heteroatoms. The number of nitrogens with zero attached hydrogens (tertiary/aromatic N) is 3. The fourth-order valence-corrected chi connectivity index (χ4v) is 3.08. The molecule has 0 aliphatic carbocycles. The Morgan fingerprint density at radius 3 is 2.20 bits per heavy atom. The van der Waals surface area contributed by atoms with Gasteiger partial charge in [-0.1, -0.05) is 35.9 Å². The number of fused-ring (bicyclic) bond motifs is 3. The molecule has 0 atom stereocenters. The second kappa shape index (κ2) is 5.53. The summed E-state index contributed by atoms with van der Waals surface area (Å²) in [6.07, 6.45) is 0. The van der Waals surface area contributed by atoms with Gasteiger partial charge in [-0.05, 0) is 35.9 Å². The van der Waals surface area contributed by atoms with Gasteiger partial charge in [-0.25, -0.2) is 15.0 Å². The molecule has 1 aliphatic rings. The average molecular weight is 346 g/mol. The third kappa shape index (κ3) is 2.51. The Kier molecular flexibility index (Phi) is 3.18. The Labute approximate surface area is 148 Å². The number of halogens is 1. The van der Waals surface area contributed by atoms with E-state index >= 15 is 0 Å². The van der Waals surface area contributed by atoms with Crippen LogP contribution in [-0.4, -0.2) is 22.3 Å². The summed E-state index contributed by atoms with van der Waals surface area (Å²) in [4.78, 5) is 14.1. The maximum atomic E-state index is 5.96. The first-order valence-corrected chi connectivity index (χ1v) is 8.31. The van der Waals surface area contributed by atoms with Gasteiger partial charge in [-0.2, -0.15) is 0 Å². The fraction of sp³-hybridized carbons (Fsp3) is 0.0500. The van der Waals surface area contributed by atoms with Crippen LogP contribution in [0.25, 0.3) is 22.1 Å². The molecule has 5 rings (SSSR count). The first kappa shape index (κ1) is 14.4. The molecule has 25 heavy (non-hydrogen) atoms. The third-order valence-electron chi connectivity index (χ3n) is 4.22. The number of hydrogen-bond acceptors (Lipinski definition) is 4. The van der Waals surface area contributed by atoms with Gasteiger partial charge in [0.15, 0.2) is 0 Å². The lowest BCUT2D eigenvalue weighted by atomic mass is 10.1. The SMILES string of the molecule is Clc1ccc(C2=Nc3cc4nc5ccccc5nc4cc3OC2)cc1. The second-order valence-corrected chi connectivity index (χ2v) is 6.31.